The summed E-state index contributed by atoms with van der Waals surface area (Å²) in [7, 11) is 0. The summed E-state index contributed by atoms with van der Waals surface area (Å²) < 4.78 is 0. The monoisotopic (exact) mass is 325 g/mol. The molecule has 0 aromatic heterocycles. The molecule has 134 valence electrons. The topological polar surface area (TPSA) is 89.2 Å². The van der Waals surface area contributed by atoms with Gasteiger partial charge in [-0.05, 0) is 18.4 Å². The number of nitrogens with zero attached hydrogens (tertiary/aromatic N) is 3. The summed E-state index contributed by atoms with van der Waals surface area (Å²) in [5.41, 5.74) is 8.31. The predicted octanol–water partition coefficient (Wildman–Crippen LogP) is 5.28. The van der Waals surface area contributed by atoms with E-state index in [1.165, 1.54) is 64.2 Å². The first-order valence-electron chi connectivity index (χ1n) is 9.26. The van der Waals surface area contributed by atoms with Crippen molar-refractivity contribution < 1.29 is 10.2 Å². The Labute approximate surface area is 141 Å². The van der Waals surface area contributed by atoms with E-state index in [-0.39, 0.29) is 6.61 Å². The van der Waals surface area contributed by atoms with Crippen molar-refractivity contribution in [3.8, 4) is 0 Å². The van der Waals surface area contributed by atoms with Crippen LogP contribution in [0.3, 0.4) is 0 Å². The molecule has 0 heterocycles. The van der Waals surface area contributed by atoms with Gasteiger partial charge in [-0.3, -0.25) is 0 Å². The summed E-state index contributed by atoms with van der Waals surface area (Å²) in [6, 6.07) is -0.784. The average molecular weight is 325 g/mol. The van der Waals surface area contributed by atoms with Crippen LogP contribution in [-0.4, -0.2) is 29.0 Å². The number of unbranched alkanes of at least 4 members (excludes halogenated alkanes) is 11. The fraction of sp³-hybridized carbons (Fsp3) is 0.889. The van der Waals surface area contributed by atoms with Crippen LogP contribution in [0.2, 0.25) is 0 Å². The van der Waals surface area contributed by atoms with E-state index in [2.05, 4.69) is 16.9 Å². The number of hydrogen-bond donors (Lipinski definition) is 2. The van der Waals surface area contributed by atoms with Gasteiger partial charge in [0.15, 0.2) is 0 Å². The van der Waals surface area contributed by atoms with Gasteiger partial charge in [0.1, 0.15) is 0 Å². The van der Waals surface area contributed by atoms with Crippen LogP contribution in [-0.2, 0) is 0 Å². The summed E-state index contributed by atoms with van der Waals surface area (Å²) >= 11 is 0. The first-order valence-corrected chi connectivity index (χ1v) is 9.26. The largest absolute Gasteiger partial charge is 0.396 e. The zero-order valence-corrected chi connectivity index (χ0v) is 14.7. The quantitative estimate of drug-likeness (QED) is 0.133. The lowest BCUT2D eigenvalue weighted by molar-refractivity contribution is 0.144. The molecule has 0 unspecified atom stereocenters. The Kier molecular flexibility index (Phi) is 16.5. The van der Waals surface area contributed by atoms with Crippen LogP contribution in [0.5, 0.6) is 0 Å². The van der Waals surface area contributed by atoms with E-state index in [9.17, 15) is 5.11 Å². The molecule has 0 aromatic rings. The average Bonchev–Trinajstić information content (AvgIpc) is 2.56. The molecule has 5 nitrogen and oxygen atoms in total. The Hall–Kier alpha value is -1.03. The third kappa shape index (κ3) is 14.3. The lowest BCUT2D eigenvalue weighted by Gasteiger charge is -2.11. The van der Waals surface area contributed by atoms with Gasteiger partial charge < -0.3 is 10.2 Å². The Morgan fingerprint density at radius 1 is 0.957 bits per heavy atom. The van der Waals surface area contributed by atoms with E-state index in [4.69, 9.17) is 10.6 Å². The van der Waals surface area contributed by atoms with E-state index >= 15 is 0 Å². The zero-order valence-electron chi connectivity index (χ0n) is 14.7. The van der Waals surface area contributed by atoms with Gasteiger partial charge in [0, 0.05) is 4.91 Å². The normalized spacial score (nSPS) is 13.9. The Balaban J connectivity index is 3.41. The molecule has 5 heteroatoms. The van der Waals surface area contributed by atoms with Crippen LogP contribution in [0.1, 0.15) is 84.0 Å². The van der Waals surface area contributed by atoms with E-state index in [1.807, 2.05) is 6.08 Å². The smallest absolute Gasteiger partial charge is 0.0900 e. The van der Waals surface area contributed by atoms with Gasteiger partial charge in [0.25, 0.3) is 0 Å². The molecule has 0 amide bonds. The summed E-state index contributed by atoms with van der Waals surface area (Å²) in [6.45, 7) is 1.91. The lowest BCUT2D eigenvalue weighted by Crippen LogP contribution is -2.25. The fourth-order valence-electron chi connectivity index (χ4n) is 2.57. The molecule has 23 heavy (non-hydrogen) atoms. The van der Waals surface area contributed by atoms with Crippen LogP contribution in [0, 0.1) is 0 Å². The number of aliphatic hydroxyl groups excluding tert-OH is 2. The molecular weight excluding hydrogens is 290 g/mol. The van der Waals surface area contributed by atoms with Gasteiger partial charge in [-0.15, -0.1) is 0 Å². The van der Waals surface area contributed by atoms with Crippen molar-refractivity contribution in [1.82, 2.24) is 0 Å². The second-order valence-electron chi connectivity index (χ2n) is 6.20. The number of hydrogen-bond acceptors (Lipinski definition) is 3. The van der Waals surface area contributed by atoms with E-state index in [1.54, 1.807) is 6.08 Å². The number of allylic oxidation sites excluding steroid dienone is 1. The van der Waals surface area contributed by atoms with E-state index in [0.29, 0.717) is 0 Å². The van der Waals surface area contributed by atoms with Gasteiger partial charge in [0.05, 0.1) is 18.8 Å². The molecule has 0 rings (SSSR count). The second kappa shape index (κ2) is 17.3. The third-order valence-electron chi connectivity index (χ3n) is 4.09. The molecule has 2 atom stereocenters. The van der Waals surface area contributed by atoms with Gasteiger partial charge in [-0.1, -0.05) is 88.4 Å². The Bertz CT molecular complexity index is 328. The molecule has 0 spiro atoms. The standard InChI is InChI=1S/C18H35N3O2/c1-2-3-4-5-6-7-8-9-10-11-12-13-14-15-18(23)17(16-22)20-21-19/h14-15,17-18,22-23H,2-13,16H2,1H3/t17-,18+/m1/s1. The second-order valence-corrected chi connectivity index (χ2v) is 6.20. The number of aliphatic hydroxyl groups is 2. The van der Waals surface area contributed by atoms with Crippen molar-refractivity contribution >= 4 is 0 Å². The first-order chi connectivity index (χ1) is 11.3. The molecular formula is C18H35N3O2. The molecule has 0 radical (unpaired) electrons. The molecule has 0 aliphatic rings. The van der Waals surface area contributed by atoms with Gasteiger partial charge in [-0.25, -0.2) is 0 Å². The third-order valence-corrected chi connectivity index (χ3v) is 4.09. The molecule has 0 bridgehead atoms. The van der Waals surface area contributed by atoms with Crippen molar-refractivity contribution in [2.75, 3.05) is 6.61 Å². The minimum Gasteiger partial charge on any atom is -0.396 e. The maximum absolute atomic E-state index is 9.71. The SMILES string of the molecule is CCCCCCCCCCCCCC=C[C@H](O)[C@@H](CO)N=[N+]=[N-]. The van der Waals surface area contributed by atoms with Crippen LogP contribution < -0.4 is 0 Å². The lowest BCUT2D eigenvalue weighted by atomic mass is 10.0. The van der Waals surface area contributed by atoms with Crippen molar-refractivity contribution in [2.24, 2.45) is 5.11 Å². The summed E-state index contributed by atoms with van der Waals surface area (Å²) in [4.78, 5) is 2.61. The van der Waals surface area contributed by atoms with Crippen LogP contribution >= 0.6 is 0 Å². The van der Waals surface area contributed by atoms with Crippen molar-refractivity contribution in [3.05, 3.63) is 22.6 Å². The fourth-order valence-corrected chi connectivity index (χ4v) is 2.57. The van der Waals surface area contributed by atoms with E-state index in [0.717, 1.165) is 12.8 Å². The van der Waals surface area contributed by atoms with Crippen LogP contribution in [0.15, 0.2) is 17.3 Å². The van der Waals surface area contributed by atoms with Crippen molar-refractivity contribution in [2.45, 2.75) is 96.1 Å². The van der Waals surface area contributed by atoms with Crippen LogP contribution in [0.4, 0.5) is 0 Å². The maximum atomic E-state index is 9.71. The molecule has 0 saturated carbocycles. The minimum atomic E-state index is -0.899. The van der Waals surface area contributed by atoms with Crippen molar-refractivity contribution in [1.29, 1.82) is 0 Å². The Morgan fingerprint density at radius 2 is 1.48 bits per heavy atom. The highest BCUT2D eigenvalue weighted by Crippen LogP contribution is 2.12. The molecule has 0 aliphatic carbocycles. The first kappa shape index (κ1) is 22.0. The van der Waals surface area contributed by atoms with E-state index < -0.39 is 12.1 Å². The highest BCUT2D eigenvalue weighted by atomic mass is 16.3. The van der Waals surface area contributed by atoms with Gasteiger partial charge in [0.2, 0.25) is 0 Å². The predicted molar refractivity (Wildman–Crippen MR) is 96.2 cm³/mol. The van der Waals surface area contributed by atoms with Gasteiger partial charge in [-0.2, -0.15) is 0 Å². The molecule has 0 fully saturated rings. The molecule has 0 aromatic carbocycles. The highest BCUT2D eigenvalue weighted by molar-refractivity contribution is 4.95. The molecule has 2 N–H and O–H groups in total. The summed E-state index contributed by atoms with van der Waals surface area (Å²) in [5, 5.41) is 22.0. The Morgan fingerprint density at radius 3 is 1.96 bits per heavy atom. The summed E-state index contributed by atoms with van der Waals surface area (Å²) in [5.74, 6) is 0. The molecule has 0 saturated heterocycles. The van der Waals surface area contributed by atoms with Gasteiger partial charge >= 0.3 is 0 Å². The van der Waals surface area contributed by atoms with Crippen molar-refractivity contribution in [3.63, 3.8) is 0 Å². The minimum absolute atomic E-state index is 0.339. The maximum Gasteiger partial charge on any atom is 0.0900 e. The highest BCUT2D eigenvalue weighted by Gasteiger charge is 2.12. The van der Waals surface area contributed by atoms with Crippen LogP contribution in [0.25, 0.3) is 10.4 Å². The number of azide groups is 1. The molecule has 0 aliphatic heterocycles. The summed E-state index contributed by atoms with van der Waals surface area (Å²) in [6.07, 6.45) is 18.1. The number of rotatable bonds is 16. The zero-order chi connectivity index (χ0) is 17.2.